The zero-order chi connectivity index (χ0) is 23.4. The molecule has 3 N–H and O–H groups in total. The lowest BCUT2D eigenvalue weighted by molar-refractivity contribution is -0.0126. The zero-order valence-electron chi connectivity index (χ0n) is 20.2. The van der Waals surface area contributed by atoms with Crippen LogP contribution in [-0.2, 0) is 0 Å². The second-order valence-corrected chi connectivity index (χ2v) is 12.7. The second kappa shape index (κ2) is 9.12. The molecule has 0 unspecified atom stereocenters. The number of hydrogen-bond donors (Lipinski definition) is 3. The molecule has 0 radical (unpaired) electrons. The van der Waals surface area contributed by atoms with Crippen LogP contribution in [0.3, 0.4) is 0 Å². The van der Waals surface area contributed by atoms with Crippen molar-refractivity contribution in [1.29, 1.82) is 0 Å². The summed E-state index contributed by atoms with van der Waals surface area (Å²) in [4.78, 5) is 14.5. The normalized spacial score (nSPS) is 33.9. The number of aliphatic hydroxyl groups excluding tert-OH is 2. The van der Waals surface area contributed by atoms with Crippen molar-refractivity contribution >= 4 is 40.5 Å². The first-order chi connectivity index (χ1) is 16.6. The molecule has 2 heterocycles. The Hall–Kier alpha value is -1.03. The highest BCUT2D eigenvalue weighted by Crippen LogP contribution is 2.68. The molecule has 2 aromatic heterocycles. The summed E-state index contributed by atoms with van der Waals surface area (Å²) in [5, 5.41) is 26.6. The summed E-state index contributed by atoms with van der Waals surface area (Å²) < 4.78 is 2.04. The van der Waals surface area contributed by atoms with Crippen molar-refractivity contribution in [3.8, 4) is 0 Å². The van der Waals surface area contributed by atoms with Gasteiger partial charge in [-0.25, -0.2) is 15.0 Å². The number of imidazole rings is 1. The number of rotatable bonds is 8. The van der Waals surface area contributed by atoms with Crippen LogP contribution in [0.5, 0.6) is 0 Å². The smallest absolute Gasteiger partial charge is 0.191 e. The molecule has 5 atom stereocenters. The minimum Gasteiger partial charge on any atom is -0.390 e. The Labute approximate surface area is 210 Å². The third-order valence-corrected chi connectivity index (χ3v) is 10.7. The monoisotopic (exact) mass is 503 g/mol. The fourth-order valence-corrected chi connectivity index (χ4v) is 8.91. The Balaban J connectivity index is 1.37. The number of nitrogens with zero attached hydrogens (tertiary/aromatic N) is 4. The van der Waals surface area contributed by atoms with Gasteiger partial charge in [0.15, 0.2) is 22.1 Å². The van der Waals surface area contributed by atoms with Gasteiger partial charge in [0.05, 0.1) is 18.5 Å². The first kappa shape index (κ1) is 23.4. The van der Waals surface area contributed by atoms with Gasteiger partial charge in [-0.1, -0.05) is 37.4 Å². The van der Waals surface area contributed by atoms with Crippen LogP contribution in [0.4, 0.5) is 5.82 Å². The fraction of sp³-hybridized carbons (Fsp3) is 0.800. The van der Waals surface area contributed by atoms with Crippen molar-refractivity contribution in [1.82, 2.24) is 19.5 Å². The molecule has 186 valence electrons. The number of hydrogen-bond acceptors (Lipinski definition) is 8. The molecule has 9 heteroatoms. The maximum absolute atomic E-state index is 11.0. The number of nitrogens with one attached hydrogen (secondary N) is 1. The van der Waals surface area contributed by atoms with Crippen LogP contribution in [0.1, 0.15) is 63.8 Å². The van der Waals surface area contributed by atoms with Gasteiger partial charge in [-0.05, 0) is 62.4 Å². The summed E-state index contributed by atoms with van der Waals surface area (Å²) >= 11 is 3.30. The highest BCUT2D eigenvalue weighted by Gasteiger charge is 2.71. The number of fused-ring (bicyclic) bond motifs is 2. The molecule has 4 aliphatic rings. The SMILES string of the molecule is CSC[C@@]12C[C@@H]1[C@@H](n1cnc3c(NC(C4CCCC4)C4CCCC4)nc(SC)nc31)[C@H](O)[C@@H]2O. The van der Waals surface area contributed by atoms with Gasteiger partial charge in [0.2, 0.25) is 0 Å². The minimum atomic E-state index is -0.794. The van der Waals surface area contributed by atoms with Crippen molar-refractivity contribution in [3.05, 3.63) is 6.33 Å². The molecule has 0 aliphatic heterocycles. The van der Waals surface area contributed by atoms with Gasteiger partial charge < -0.3 is 20.1 Å². The Bertz CT molecular complexity index is 1020. The van der Waals surface area contributed by atoms with Gasteiger partial charge in [0.1, 0.15) is 6.10 Å². The molecular formula is C25H37N5O2S2. The van der Waals surface area contributed by atoms with Crippen molar-refractivity contribution in [2.45, 2.75) is 87.2 Å². The van der Waals surface area contributed by atoms with Gasteiger partial charge in [-0.3, -0.25) is 0 Å². The van der Waals surface area contributed by atoms with E-state index in [0.717, 1.165) is 34.3 Å². The van der Waals surface area contributed by atoms with E-state index in [-0.39, 0.29) is 17.4 Å². The van der Waals surface area contributed by atoms with E-state index in [4.69, 9.17) is 15.0 Å². The van der Waals surface area contributed by atoms with E-state index >= 15 is 0 Å². The molecule has 4 aliphatic carbocycles. The minimum absolute atomic E-state index is 0.174. The van der Waals surface area contributed by atoms with E-state index in [1.165, 1.54) is 51.4 Å². The zero-order valence-corrected chi connectivity index (χ0v) is 21.8. The van der Waals surface area contributed by atoms with E-state index < -0.39 is 12.2 Å². The van der Waals surface area contributed by atoms with Gasteiger partial charge in [-0.15, -0.1) is 0 Å². The standard InChI is InChI=1S/C25H37N5O2S2/c1-33-12-25-11-16(25)19(20(31)21(25)32)30-13-26-18-22(28-24(34-2)29-23(18)30)27-17(14-7-3-4-8-14)15-9-5-6-10-15/h13-17,19-21,31-32H,3-12H2,1-2H3,(H,27,28,29)/t16-,19-,20+,21+,25+/m1/s1. The number of aromatic nitrogens is 4. The number of aliphatic hydroxyl groups is 2. The Morgan fingerprint density at radius 2 is 1.76 bits per heavy atom. The average Bonchev–Trinajstić information content (AvgIpc) is 3.39. The lowest BCUT2D eigenvalue weighted by Gasteiger charge is -2.31. The van der Waals surface area contributed by atoms with Crippen LogP contribution in [0.15, 0.2) is 11.5 Å². The molecule has 34 heavy (non-hydrogen) atoms. The van der Waals surface area contributed by atoms with E-state index in [2.05, 4.69) is 11.6 Å². The molecule has 4 saturated carbocycles. The van der Waals surface area contributed by atoms with E-state index in [1.54, 1.807) is 23.5 Å². The third kappa shape index (κ3) is 3.68. The molecule has 7 nitrogen and oxygen atoms in total. The van der Waals surface area contributed by atoms with Crippen LogP contribution in [0.2, 0.25) is 0 Å². The topological polar surface area (TPSA) is 96.1 Å². The average molecular weight is 504 g/mol. The van der Waals surface area contributed by atoms with Gasteiger partial charge >= 0.3 is 0 Å². The van der Waals surface area contributed by atoms with E-state index in [1.807, 2.05) is 17.2 Å². The summed E-state index contributed by atoms with van der Waals surface area (Å²) in [5.41, 5.74) is 1.40. The highest BCUT2D eigenvalue weighted by atomic mass is 32.2. The maximum Gasteiger partial charge on any atom is 0.191 e. The lowest BCUT2D eigenvalue weighted by Crippen LogP contribution is -2.35. The first-order valence-electron chi connectivity index (χ1n) is 13.0. The molecule has 0 bridgehead atoms. The number of thioether (sulfide) groups is 2. The molecule has 4 fully saturated rings. The predicted molar refractivity (Wildman–Crippen MR) is 138 cm³/mol. The van der Waals surface area contributed by atoms with Crippen LogP contribution in [-0.4, -0.2) is 66.2 Å². The van der Waals surface area contributed by atoms with Crippen LogP contribution < -0.4 is 5.32 Å². The first-order valence-corrected chi connectivity index (χ1v) is 15.6. The molecule has 0 saturated heterocycles. The summed E-state index contributed by atoms with van der Waals surface area (Å²) in [6.45, 7) is 0. The van der Waals surface area contributed by atoms with Crippen molar-refractivity contribution < 1.29 is 10.2 Å². The van der Waals surface area contributed by atoms with E-state index in [0.29, 0.717) is 17.9 Å². The van der Waals surface area contributed by atoms with Crippen LogP contribution in [0.25, 0.3) is 11.2 Å². The summed E-state index contributed by atoms with van der Waals surface area (Å²) in [6, 6.07) is 0.254. The highest BCUT2D eigenvalue weighted by molar-refractivity contribution is 7.98. The Kier molecular flexibility index (Phi) is 6.27. The third-order valence-electron chi connectivity index (χ3n) is 9.29. The number of anilines is 1. The largest absolute Gasteiger partial charge is 0.390 e. The summed E-state index contributed by atoms with van der Waals surface area (Å²) in [6.07, 6.45) is 15.9. The summed E-state index contributed by atoms with van der Waals surface area (Å²) in [7, 11) is 0. The van der Waals surface area contributed by atoms with Gasteiger partial charge in [0.25, 0.3) is 0 Å². The molecule has 2 aromatic rings. The van der Waals surface area contributed by atoms with Gasteiger partial charge in [-0.2, -0.15) is 11.8 Å². The fourth-order valence-electron chi connectivity index (χ4n) is 7.51. The van der Waals surface area contributed by atoms with Crippen LogP contribution in [0, 0.1) is 23.2 Å². The molecule has 0 aromatic carbocycles. The lowest BCUT2D eigenvalue weighted by atomic mass is 9.86. The van der Waals surface area contributed by atoms with Crippen molar-refractivity contribution in [2.75, 3.05) is 23.6 Å². The van der Waals surface area contributed by atoms with Crippen molar-refractivity contribution in [2.24, 2.45) is 23.2 Å². The molecule has 0 amide bonds. The molecule has 6 rings (SSSR count). The maximum atomic E-state index is 11.0. The molecule has 0 spiro atoms. The van der Waals surface area contributed by atoms with Crippen LogP contribution >= 0.6 is 23.5 Å². The second-order valence-electron chi connectivity index (χ2n) is 11.0. The van der Waals surface area contributed by atoms with E-state index in [9.17, 15) is 10.2 Å². The Morgan fingerprint density at radius 1 is 1.09 bits per heavy atom. The predicted octanol–water partition coefficient (Wildman–Crippen LogP) is 4.35. The summed E-state index contributed by atoms with van der Waals surface area (Å²) in [5.74, 6) is 3.39. The van der Waals surface area contributed by atoms with Crippen molar-refractivity contribution in [3.63, 3.8) is 0 Å². The molecular weight excluding hydrogens is 466 g/mol. The van der Waals surface area contributed by atoms with Gasteiger partial charge in [0, 0.05) is 17.2 Å². The quantitative estimate of drug-likeness (QED) is 0.361. The Morgan fingerprint density at radius 3 is 2.38 bits per heavy atom.